The van der Waals surface area contributed by atoms with E-state index >= 15 is 0 Å². The number of hydrogen-bond donors (Lipinski definition) is 2. The summed E-state index contributed by atoms with van der Waals surface area (Å²) in [4.78, 5) is 10.2. The first-order valence-electron chi connectivity index (χ1n) is 2.51. The van der Waals surface area contributed by atoms with Crippen LogP contribution in [-0.4, -0.2) is 30.6 Å². The summed E-state index contributed by atoms with van der Waals surface area (Å²) < 4.78 is 0. The Bertz CT molecular complexity index is 82.5. The van der Waals surface area contributed by atoms with Gasteiger partial charge in [0.25, 0.3) is 0 Å². The van der Waals surface area contributed by atoms with Gasteiger partial charge in [-0.2, -0.15) is 0 Å². The standard InChI is InChI=1S/C5H11NO2/c1-4(7)5(8)3-6-2/h5-6,8H,3H2,1-2H3. The van der Waals surface area contributed by atoms with Crippen LogP contribution in [0.5, 0.6) is 0 Å². The van der Waals surface area contributed by atoms with Crippen LogP contribution >= 0.6 is 0 Å². The van der Waals surface area contributed by atoms with Crippen LogP contribution in [0, 0.1) is 0 Å². The van der Waals surface area contributed by atoms with Gasteiger partial charge >= 0.3 is 0 Å². The summed E-state index contributed by atoms with van der Waals surface area (Å²) in [6, 6.07) is 0. The minimum absolute atomic E-state index is 0.195. The Hall–Kier alpha value is -0.410. The maximum Gasteiger partial charge on any atom is 0.159 e. The summed E-state index contributed by atoms with van der Waals surface area (Å²) in [7, 11) is 1.69. The van der Waals surface area contributed by atoms with E-state index in [4.69, 9.17) is 5.11 Å². The molecular weight excluding hydrogens is 106 g/mol. The smallest absolute Gasteiger partial charge is 0.159 e. The third kappa shape index (κ3) is 2.71. The first-order chi connectivity index (χ1) is 3.68. The Morgan fingerprint density at radius 3 is 2.50 bits per heavy atom. The van der Waals surface area contributed by atoms with Crippen molar-refractivity contribution in [1.82, 2.24) is 5.32 Å². The van der Waals surface area contributed by atoms with E-state index in [-0.39, 0.29) is 5.78 Å². The Balaban J connectivity index is 3.32. The molecule has 8 heavy (non-hydrogen) atoms. The minimum Gasteiger partial charge on any atom is -0.384 e. The predicted molar refractivity (Wildman–Crippen MR) is 30.6 cm³/mol. The fourth-order valence-corrected chi connectivity index (χ4v) is 0.337. The van der Waals surface area contributed by atoms with Gasteiger partial charge < -0.3 is 10.4 Å². The van der Waals surface area contributed by atoms with E-state index in [0.29, 0.717) is 6.54 Å². The van der Waals surface area contributed by atoms with Crippen LogP contribution in [0.3, 0.4) is 0 Å². The molecule has 0 aliphatic heterocycles. The second-order valence-corrected chi connectivity index (χ2v) is 1.68. The average Bonchev–Trinajstić information content (AvgIpc) is 1.67. The average molecular weight is 117 g/mol. The lowest BCUT2D eigenvalue weighted by atomic mass is 10.2. The van der Waals surface area contributed by atoms with Crippen molar-refractivity contribution in [2.24, 2.45) is 0 Å². The summed E-state index contributed by atoms with van der Waals surface area (Å²) in [5, 5.41) is 11.4. The SMILES string of the molecule is CNCC(O)C(C)=O. The lowest BCUT2D eigenvalue weighted by Gasteiger charge is -2.02. The quantitative estimate of drug-likeness (QED) is 0.506. The summed E-state index contributed by atoms with van der Waals surface area (Å²) in [6.45, 7) is 1.71. The number of hydrogen-bond acceptors (Lipinski definition) is 3. The molecule has 1 atom stereocenters. The van der Waals surface area contributed by atoms with Gasteiger partial charge in [-0.1, -0.05) is 0 Å². The summed E-state index contributed by atoms with van der Waals surface area (Å²) in [5.74, 6) is -0.195. The number of carbonyl (C=O) groups is 1. The Morgan fingerprint density at radius 2 is 2.38 bits per heavy atom. The second-order valence-electron chi connectivity index (χ2n) is 1.68. The maximum atomic E-state index is 10.2. The van der Waals surface area contributed by atoms with Gasteiger partial charge in [0, 0.05) is 6.54 Å². The van der Waals surface area contributed by atoms with E-state index in [1.54, 1.807) is 7.05 Å². The molecule has 0 amide bonds. The van der Waals surface area contributed by atoms with E-state index in [2.05, 4.69) is 5.32 Å². The molecule has 0 fully saturated rings. The molecule has 0 bridgehead atoms. The number of rotatable bonds is 3. The maximum absolute atomic E-state index is 10.2. The number of aliphatic hydroxyl groups is 1. The largest absolute Gasteiger partial charge is 0.384 e. The monoisotopic (exact) mass is 117 g/mol. The van der Waals surface area contributed by atoms with Crippen LogP contribution < -0.4 is 5.32 Å². The Labute approximate surface area is 48.7 Å². The van der Waals surface area contributed by atoms with E-state index in [1.807, 2.05) is 0 Å². The van der Waals surface area contributed by atoms with E-state index in [0.717, 1.165) is 0 Å². The molecule has 3 heteroatoms. The van der Waals surface area contributed by atoms with Crippen molar-refractivity contribution in [1.29, 1.82) is 0 Å². The Morgan fingerprint density at radius 1 is 1.88 bits per heavy atom. The van der Waals surface area contributed by atoms with Gasteiger partial charge in [0.15, 0.2) is 5.78 Å². The van der Waals surface area contributed by atoms with Crippen LogP contribution in [0.25, 0.3) is 0 Å². The first-order valence-corrected chi connectivity index (χ1v) is 2.51. The second kappa shape index (κ2) is 3.57. The molecule has 0 radical (unpaired) electrons. The molecule has 0 heterocycles. The highest BCUT2D eigenvalue weighted by Crippen LogP contribution is 1.79. The van der Waals surface area contributed by atoms with Gasteiger partial charge in [-0.05, 0) is 14.0 Å². The third-order valence-electron chi connectivity index (χ3n) is 0.867. The van der Waals surface area contributed by atoms with Gasteiger partial charge in [0.2, 0.25) is 0 Å². The van der Waals surface area contributed by atoms with E-state index in [9.17, 15) is 4.79 Å². The van der Waals surface area contributed by atoms with Gasteiger partial charge in [-0.3, -0.25) is 4.79 Å². The number of nitrogens with one attached hydrogen (secondary N) is 1. The molecule has 0 rings (SSSR count). The summed E-state index contributed by atoms with van der Waals surface area (Å²) in [6.07, 6.45) is -0.833. The van der Waals surface area contributed by atoms with Gasteiger partial charge in [-0.15, -0.1) is 0 Å². The molecule has 0 spiro atoms. The van der Waals surface area contributed by atoms with Crippen molar-refractivity contribution in [2.75, 3.05) is 13.6 Å². The van der Waals surface area contributed by atoms with Crippen molar-refractivity contribution in [3.8, 4) is 0 Å². The van der Waals surface area contributed by atoms with E-state index < -0.39 is 6.10 Å². The molecule has 0 aromatic carbocycles. The zero-order valence-corrected chi connectivity index (χ0v) is 5.14. The molecule has 0 saturated heterocycles. The predicted octanol–water partition coefficient (Wildman–Crippen LogP) is -0.844. The van der Waals surface area contributed by atoms with Gasteiger partial charge in [0.05, 0.1) is 0 Å². The fraction of sp³-hybridized carbons (Fsp3) is 0.800. The highest BCUT2D eigenvalue weighted by molar-refractivity contribution is 5.80. The molecular formula is C5H11NO2. The van der Waals surface area contributed by atoms with Crippen molar-refractivity contribution < 1.29 is 9.90 Å². The molecule has 0 aromatic heterocycles. The minimum atomic E-state index is -0.833. The lowest BCUT2D eigenvalue weighted by Crippen LogP contribution is -2.29. The van der Waals surface area contributed by atoms with E-state index in [1.165, 1.54) is 6.92 Å². The molecule has 2 N–H and O–H groups in total. The molecule has 0 aromatic rings. The molecule has 48 valence electrons. The van der Waals surface area contributed by atoms with Crippen molar-refractivity contribution in [2.45, 2.75) is 13.0 Å². The van der Waals surface area contributed by atoms with Crippen molar-refractivity contribution >= 4 is 5.78 Å². The number of aliphatic hydroxyl groups excluding tert-OH is 1. The fourth-order valence-electron chi connectivity index (χ4n) is 0.337. The lowest BCUT2D eigenvalue weighted by molar-refractivity contribution is -0.124. The number of Topliss-reactive ketones (excluding diaryl/α,β-unsaturated/α-hetero) is 1. The number of likely N-dealkylation sites (N-methyl/N-ethyl adjacent to an activating group) is 1. The molecule has 0 aliphatic carbocycles. The van der Waals surface area contributed by atoms with Gasteiger partial charge in [-0.25, -0.2) is 0 Å². The topological polar surface area (TPSA) is 49.3 Å². The summed E-state index contributed by atoms with van der Waals surface area (Å²) >= 11 is 0. The van der Waals surface area contributed by atoms with Crippen LogP contribution in [0.4, 0.5) is 0 Å². The van der Waals surface area contributed by atoms with Crippen LogP contribution in [0.1, 0.15) is 6.92 Å². The zero-order chi connectivity index (χ0) is 6.57. The summed E-state index contributed by atoms with van der Waals surface area (Å²) in [5.41, 5.74) is 0. The van der Waals surface area contributed by atoms with Crippen LogP contribution in [0.15, 0.2) is 0 Å². The molecule has 0 saturated carbocycles. The van der Waals surface area contributed by atoms with Gasteiger partial charge in [0.1, 0.15) is 6.10 Å². The van der Waals surface area contributed by atoms with Crippen LogP contribution in [-0.2, 0) is 4.79 Å². The number of ketones is 1. The molecule has 1 unspecified atom stereocenters. The van der Waals surface area contributed by atoms with Crippen LogP contribution in [0.2, 0.25) is 0 Å². The molecule has 0 aliphatic rings. The highest BCUT2D eigenvalue weighted by Gasteiger charge is 2.05. The zero-order valence-electron chi connectivity index (χ0n) is 5.14. The van der Waals surface area contributed by atoms with Crippen molar-refractivity contribution in [3.05, 3.63) is 0 Å². The Kier molecular flexibility index (Phi) is 3.39. The first kappa shape index (κ1) is 7.59. The normalized spacial score (nSPS) is 13.4. The third-order valence-corrected chi connectivity index (χ3v) is 0.867. The highest BCUT2D eigenvalue weighted by atomic mass is 16.3. The number of carbonyl (C=O) groups excluding carboxylic acids is 1. The molecule has 3 nitrogen and oxygen atoms in total. The van der Waals surface area contributed by atoms with Crippen molar-refractivity contribution in [3.63, 3.8) is 0 Å².